The predicted molar refractivity (Wildman–Crippen MR) is 90.9 cm³/mol. The fourth-order valence-corrected chi connectivity index (χ4v) is 3.20. The van der Waals surface area contributed by atoms with Crippen LogP contribution in [0.15, 0.2) is 24.3 Å². The van der Waals surface area contributed by atoms with Crippen molar-refractivity contribution in [1.29, 1.82) is 0 Å². The molecule has 6 heteroatoms. The molecule has 0 atom stereocenters. The molecule has 2 N–H and O–H groups in total. The standard InChI is InChI=1S/C16H17ClN2O2S/c1-9-6-10(2)15(11(3)7-9)19-14(20)8-18-16(21)12-4-5-13(17)22-12/h4-7H,8H2,1-3H3,(H,18,21)(H,19,20). The van der Waals surface area contributed by atoms with Gasteiger partial charge in [0.2, 0.25) is 5.91 Å². The second-order valence-electron chi connectivity index (χ2n) is 5.11. The summed E-state index contributed by atoms with van der Waals surface area (Å²) in [7, 11) is 0. The van der Waals surface area contributed by atoms with Crippen LogP contribution in [0.25, 0.3) is 0 Å². The minimum atomic E-state index is -0.301. The lowest BCUT2D eigenvalue weighted by atomic mass is 10.1. The van der Waals surface area contributed by atoms with E-state index in [1.54, 1.807) is 12.1 Å². The van der Waals surface area contributed by atoms with Gasteiger partial charge in [0, 0.05) is 5.69 Å². The summed E-state index contributed by atoms with van der Waals surface area (Å²) in [5, 5.41) is 5.42. The minimum absolute atomic E-state index is 0.0822. The molecule has 1 aromatic carbocycles. The maximum atomic E-state index is 12.0. The molecule has 0 aliphatic rings. The molecule has 0 bridgehead atoms. The van der Waals surface area contributed by atoms with Crippen LogP contribution < -0.4 is 10.6 Å². The lowest BCUT2D eigenvalue weighted by Gasteiger charge is -2.13. The Morgan fingerprint density at radius 3 is 2.32 bits per heavy atom. The molecule has 0 saturated heterocycles. The number of hydrogen-bond acceptors (Lipinski definition) is 3. The van der Waals surface area contributed by atoms with Gasteiger partial charge in [0.1, 0.15) is 0 Å². The molecule has 2 aromatic rings. The van der Waals surface area contributed by atoms with E-state index in [4.69, 9.17) is 11.6 Å². The molecular formula is C16H17ClN2O2S. The molecule has 0 saturated carbocycles. The third-order valence-corrected chi connectivity index (χ3v) is 4.38. The van der Waals surface area contributed by atoms with Gasteiger partial charge in [-0.1, -0.05) is 29.3 Å². The molecule has 0 unspecified atom stereocenters. The Morgan fingerprint density at radius 1 is 1.14 bits per heavy atom. The Kier molecular flexibility index (Phi) is 5.21. The molecule has 2 amide bonds. The summed E-state index contributed by atoms with van der Waals surface area (Å²) < 4.78 is 0.542. The highest BCUT2D eigenvalue weighted by Crippen LogP contribution is 2.22. The lowest BCUT2D eigenvalue weighted by Crippen LogP contribution is -2.32. The second-order valence-corrected chi connectivity index (χ2v) is 6.82. The van der Waals surface area contributed by atoms with Crippen molar-refractivity contribution in [2.45, 2.75) is 20.8 Å². The number of hydrogen-bond donors (Lipinski definition) is 2. The van der Waals surface area contributed by atoms with Gasteiger partial charge in [0.15, 0.2) is 0 Å². The molecule has 22 heavy (non-hydrogen) atoms. The maximum absolute atomic E-state index is 12.0. The van der Waals surface area contributed by atoms with Crippen molar-refractivity contribution in [3.63, 3.8) is 0 Å². The van der Waals surface area contributed by atoms with Crippen molar-refractivity contribution in [2.75, 3.05) is 11.9 Å². The zero-order valence-electron chi connectivity index (χ0n) is 12.6. The fourth-order valence-electron chi connectivity index (χ4n) is 2.24. The van der Waals surface area contributed by atoms with Crippen LogP contribution in [0.2, 0.25) is 4.34 Å². The number of benzene rings is 1. The Morgan fingerprint density at radius 2 is 1.77 bits per heavy atom. The molecule has 0 aliphatic carbocycles. The van der Waals surface area contributed by atoms with Crippen LogP contribution in [0, 0.1) is 20.8 Å². The van der Waals surface area contributed by atoms with E-state index in [1.807, 2.05) is 32.9 Å². The van der Waals surface area contributed by atoms with Crippen LogP contribution in [0.4, 0.5) is 5.69 Å². The average molecular weight is 337 g/mol. The van der Waals surface area contributed by atoms with E-state index in [1.165, 1.54) is 11.3 Å². The fraction of sp³-hybridized carbons (Fsp3) is 0.250. The number of nitrogens with one attached hydrogen (secondary N) is 2. The highest BCUT2D eigenvalue weighted by Gasteiger charge is 2.12. The van der Waals surface area contributed by atoms with E-state index in [-0.39, 0.29) is 18.4 Å². The van der Waals surface area contributed by atoms with E-state index < -0.39 is 0 Å². The van der Waals surface area contributed by atoms with Crippen LogP contribution in [0.1, 0.15) is 26.4 Å². The lowest BCUT2D eigenvalue weighted by molar-refractivity contribution is -0.115. The summed E-state index contributed by atoms with van der Waals surface area (Å²) >= 11 is 6.96. The third-order valence-electron chi connectivity index (χ3n) is 3.15. The monoisotopic (exact) mass is 336 g/mol. The first kappa shape index (κ1) is 16.5. The van der Waals surface area contributed by atoms with Crippen LogP contribution >= 0.6 is 22.9 Å². The molecule has 0 aliphatic heterocycles. The van der Waals surface area contributed by atoms with Gasteiger partial charge in [0.05, 0.1) is 15.8 Å². The van der Waals surface area contributed by atoms with Crippen LogP contribution in [-0.4, -0.2) is 18.4 Å². The molecule has 0 fully saturated rings. The van der Waals surface area contributed by atoms with Crippen molar-refractivity contribution in [1.82, 2.24) is 5.32 Å². The van der Waals surface area contributed by atoms with Crippen molar-refractivity contribution in [2.24, 2.45) is 0 Å². The van der Waals surface area contributed by atoms with Gasteiger partial charge >= 0.3 is 0 Å². The largest absolute Gasteiger partial charge is 0.342 e. The summed E-state index contributed by atoms with van der Waals surface area (Å²) in [6.07, 6.45) is 0. The highest BCUT2D eigenvalue weighted by molar-refractivity contribution is 7.18. The molecule has 116 valence electrons. The third kappa shape index (κ3) is 4.08. The molecular weight excluding hydrogens is 320 g/mol. The van der Waals surface area contributed by atoms with Gasteiger partial charge < -0.3 is 10.6 Å². The van der Waals surface area contributed by atoms with Crippen molar-refractivity contribution in [3.05, 3.63) is 50.2 Å². The average Bonchev–Trinajstić information content (AvgIpc) is 2.87. The summed E-state index contributed by atoms with van der Waals surface area (Å²) in [6, 6.07) is 7.30. The smallest absolute Gasteiger partial charge is 0.261 e. The number of rotatable bonds is 4. The zero-order chi connectivity index (χ0) is 16.3. The zero-order valence-corrected chi connectivity index (χ0v) is 14.2. The number of amides is 2. The molecule has 4 nitrogen and oxygen atoms in total. The molecule has 1 aromatic heterocycles. The topological polar surface area (TPSA) is 58.2 Å². The number of anilines is 1. The molecule has 0 spiro atoms. The first-order valence-corrected chi connectivity index (χ1v) is 7.97. The van der Waals surface area contributed by atoms with E-state index in [0.29, 0.717) is 9.21 Å². The number of halogens is 1. The van der Waals surface area contributed by atoms with E-state index >= 15 is 0 Å². The number of thiophene rings is 1. The highest BCUT2D eigenvalue weighted by atomic mass is 35.5. The van der Waals surface area contributed by atoms with Crippen LogP contribution in [-0.2, 0) is 4.79 Å². The van der Waals surface area contributed by atoms with Crippen molar-refractivity contribution in [3.8, 4) is 0 Å². The first-order chi connectivity index (χ1) is 10.4. The van der Waals surface area contributed by atoms with Crippen LogP contribution in [0.3, 0.4) is 0 Å². The summed E-state index contributed by atoms with van der Waals surface area (Å²) in [4.78, 5) is 24.3. The minimum Gasteiger partial charge on any atom is -0.342 e. The summed E-state index contributed by atoms with van der Waals surface area (Å²) in [6.45, 7) is 5.82. The van der Waals surface area contributed by atoms with Gasteiger partial charge in [-0.25, -0.2) is 0 Å². The number of carbonyl (C=O) groups excluding carboxylic acids is 2. The molecule has 2 rings (SSSR count). The Bertz CT molecular complexity index is 702. The molecule has 1 heterocycles. The van der Waals surface area contributed by atoms with Gasteiger partial charge in [-0.3, -0.25) is 9.59 Å². The van der Waals surface area contributed by atoms with Crippen LogP contribution in [0.5, 0.6) is 0 Å². The normalized spacial score (nSPS) is 10.4. The van der Waals surface area contributed by atoms with E-state index in [9.17, 15) is 9.59 Å². The Hall–Kier alpha value is -1.85. The first-order valence-electron chi connectivity index (χ1n) is 6.78. The second kappa shape index (κ2) is 6.94. The van der Waals surface area contributed by atoms with E-state index in [0.717, 1.165) is 22.4 Å². The SMILES string of the molecule is Cc1cc(C)c(NC(=O)CNC(=O)c2ccc(Cl)s2)c(C)c1. The summed E-state index contributed by atoms with van der Waals surface area (Å²) in [5.74, 6) is -0.560. The quantitative estimate of drug-likeness (QED) is 0.894. The van der Waals surface area contributed by atoms with Crippen molar-refractivity contribution >= 4 is 40.4 Å². The number of carbonyl (C=O) groups is 2. The van der Waals surface area contributed by atoms with Gasteiger partial charge in [-0.2, -0.15) is 0 Å². The molecule has 0 radical (unpaired) electrons. The number of aryl methyl sites for hydroxylation is 3. The van der Waals surface area contributed by atoms with E-state index in [2.05, 4.69) is 10.6 Å². The van der Waals surface area contributed by atoms with Crippen molar-refractivity contribution < 1.29 is 9.59 Å². The predicted octanol–water partition coefficient (Wildman–Crippen LogP) is 3.70. The van der Waals surface area contributed by atoms with Gasteiger partial charge in [0.25, 0.3) is 5.91 Å². The van der Waals surface area contributed by atoms with Gasteiger partial charge in [-0.15, -0.1) is 11.3 Å². The Balaban J connectivity index is 1.95. The maximum Gasteiger partial charge on any atom is 0.261 e. The Labute approximate surface area is 138 Å². The summed E-state index contributed by atoms with van der Waals surface area (Å²) in [5.41, 5.74) is 3.95. The van der Waals surface area contributed by atoms with Gasteiger partial charge in [-0.05, 0) is 44.0 Å².